The van der Waals surface area contributed by atoms with Crippen LogP contribution in [0.15, 0.2) is 90.3 Å². The Morgan fingerprint density at radius 2 is 1.62 bits per heavy atom. The van der Waals surface area contributed by atoms with Gasteiger partial charge in [-0.05, 0) is 54.6 Å². The molecule has 0 saturated heterocycles. The molecular formula is C25H16ClFN4S. The van der Waals surface area contributed by atoms with Crippen LogP contribution in [-0.2, 0) is 0 Å². The SMILES string of the molecule is Fc1ccc(-c2ccc(Nc3cccc(-c4csc(-c5ccccc5Cl)n4)c3)nn2)cc1. The van der Waals surface area contributed by atoms with Gasteiger partial charge < -0.3 is 5.32 Å². The number of hydrogen-bond donors (Lipinski definition) is 1. The first-order valence-corrected chi connectivity index (χ1v) is 11.1. The van der Waals surface area contributed by atoms with Crippen molar-refractivity contribution in [2.24, 2.45) is 0 Å². The van der Waals surface area contributed by atoms with Gasteiger partial charge in [0.25, 0.3) is 0 Å². The van der Waals surface area contributed by atoms with Crippen molar-refractivity contribution in [3.05, 3.63) is 101 Å². The Balaban J connectivity index is 1.35. The summed E-state index contributed by atoms with van der Waals surface area (Å²) in [7, 11) is 0. The summed E-state index contributed by atoms with van der Waals surface area (Å²) in [5, 5.41) is 15.3. The van der Waals surface area contributed by atoms with Crippen molar-refractivity contribution >= 4 is 34.4 Å². The predicted octanol–water partition coefficient (Wildman–Crippen LogP) is 7.47. The van der Waals surface area contributed by atoms with Crippen LogP contribution in [0.5, 0.6) is 0 Å². The average Bonchev–Trinajstić information content (AvgIpc) is 3.31. The summed E-state index contributed by atoms with van der Waals surface area (Å²) in [5.74, 6) is 0.335. The van der Waals surface area contributed by atoms with Gasteiger partial charge in [-0.1, -0.05) is 41.9 Å². The zero-order valence-corrected chi connectivity index (χ0v) is 18.2. The highest BCUT2D eigenvalue weighted by atomic mass is 35.5. The lowest BCUT2D eigenvalue weighted by Crippen LogP contribution is -1.96. The monoisotopic (exact) mass is 458 g/mol. The topological polar surface area (TPSA) is 50.7 Å². The van der Waals surface area contributed by atoms with Gasteiger partial charge in [0, 0.05) is 27.8 Å². The number of hydrogen-bond acceptors (Lipinski definition) is 5. The second-order valence-electron chi connectivity index (χ2n) is 7.03. The van der Waals surface area contributed by atoms with E-state index in [1.807, 2.05) is 66.0 Å². The number of nitrogens with one attached hydrogen (secondary N) is 1. The van der Waals surface area contributed by atoms with Crippen molar-refractivity contribution in [1.82, 2.24) is 15.2 Å². The highest BCUT2D eigenvalue weighted by Crippen LogP contribution is 2.33. The highest BCUT2D eigenvalue weighted by molar-refractivity contribution is 7.13. The maximum atomic E-state index is 13.1. The molecule has 0 spiro atoms. The van der Waals surface area contributed by atoms with Crippen LogP contribution >= 0.6 is 22.9 Å². The number of nitrogens with zero attached hydrogens (tertiary/aromatic N) is 3. The van der Waals surface area contributed by atoms with Gasteiger partial charge in [-0.2, -0.15) is 0 Å². The third kappa shape index (κ3) is 4.37. The van der Waals surface area contributed by atoms with E-state index in [0.717, 1.165) is 33.1 Å². The zero-order chi connectivity index (χ0) is 21.9. The molecule has 32 heavy (non-hydrogen) atoms. The van der Waals surface area contributed by atoms with E-state index in [-0.39, 0.29) is 5.82 Å². The fourth-order valence-corrected chi connectivity index (χ4v) is 4.39. The van der Waals surface area contributed by atoms with E-state index >= 15 is 0 Å². The van der Waals surface area contributed by atoms with E-state index in [1.54, 1.807) is 23.5 Å². The summed E-state index contributed by atoms with van der Waals surface area (Å²) in [6, 6.07) is 25.5. The van der Waals surface area contributed by atoms with Gasteiger partial charge in [0.15, 0.2) is 5.82 Å². The number of benzene rings is 3. The Kier molecular flexibility index (Phi) is 5.62. The predicted molar refractivity (Wildman–Crippen MR) is 129 cm³/mol. The third-order valence-electron chi connectivity index (χ3n) is 4.84. The second-order valence-corrected chi connectivity index (χ2v) is 8.30. The average molecular weight is 459 g/mol. The number of halogens is 2. The quantitative estimate of drug-likeness (QED) is 0.297. The van der Waals surface area contributed by atoms with E-state index in [0.29, 0.717) is 16.5 Å². The van der Waals surface area contributed by atoms with Gasteiger partial charge in [0.2, 0.25) is 0 Å². The molecule has 0 aliphatic carbocycles. The molecule has 0 fully saturated rings. The van der Waals surface area contributed by atoms with E-state index in [4.69, 9.17) is 16.6 Å². The van der Waals surface area contributed by atoms with Gasteiger partial charge in [-0.3, -0.25) is 0 Å². The summed E-state index contributed by atoms with van der Waals surface area (Å²) in [5.41, 5.74) is 5.16. The third-order valence-corrected chi connectivity index (χ3v) is 6.05. The zero-order valence-electron chi connectivity index (χ0n) is 16.7. The second kappa shape index (κ2) is 8.86. The Morgan fingerprint density at radius 1 is 0.781 bits per heavy atom. The molecule has 0 saturated carbocycles. The first kappa shape index (κ1) is 20.3. The van der Waals surface area contributed by atoms with Crippen LogP contribution in [0.2, 0.25) is 5.02 Å². The minimum atomic E-state index is -0.279. The molecule has 0 radical (unpaired) electrons. The molecule has 156 valence electrons. The van der Waals surface area contributed by atoms with Crippen LogP contribution in [0.3, 0.4) is 0 Å². The highest BCUT2D eigenvalue weighted by Gasteiger charge is 2.10. The van der Waals surface area contributed by atoms with E-state index in [1.165, 1.54) is 12.1 Å². The molecule has 0 amide bonds. The molecule has 0 atom stereocenters. The molecule has 0 bridgehead atoms. The molecule has 0 aliphatic rings. The van der Waals surface area contributed by atoms with Crippen molar-refractivity contribution in [2.75, 3.05) is 5.32 Å². The molecule has 5 rings (SSSR count). The van der Waals surface area contributed by atoms with Crippen LogP contribution in [0.1, 0.15) is 0 Å². The fraction of sp³-hybridized carbons (Fsp3) is 0. The van der Waals surface area contributed by atoms with E-state index in [2.05, 4.69) is 15.5 Å². The molecule has 3 aromatic carbocycles. The Morgan fingerprint density at radius 3 is 2.41 bits per heavy atom. The van der Waals surface area contributed by atoms with E-state index in [9.17, 15) is 4.39 Å². The van der Waals surface area contributed by atoms with Crippen molar-refractivity contribution in [3.63, 3.8) is 0 Å². The summed E-state index contributed by atoms with van der Waals surface area (Å²) >= 11 is 7.87. The normalized spacial score (nSPS) is 10.8. The molecule has 7 heteroatoms. The minimum Gasteiger partial charge on any atom is -0.339 e. The lowest BCUT2D eigenvalue weighted by Gasteiger charge is -2.07. The van der Waals surface area contributed by atoms with Crippen molar-refractivity contribution in [1.29, 1.82) is 0 Å². The first-order chi connectivity index (χ1) is 15.7. The molecular weight excluding hydrogens is 443 g/mol. The van der Waals surface area contributed by atoms with Gasteiger partial charge in [0.1, 0.15) is 10.8 Å². The lowest BCUT2D eigenvalue weighted by molar-refractivity contribution is 0.628. The van der Waals surface area contributed by atoms with Crippen molar-refractivity contribution in [3.8, 4) is 33.1 Å². The van der Waals surface area contributed by atoms with Gasteiger partial charge in [-0.15, -0.1) is 21.5 Å². The largest absolute Gasteiger partial charge is 0.339 e. The molecule has 0 aliphatic heterocycles. The molecule has 1 N–H and O–H groups in total. The Bertz CT molecular complexity index is 1370. The maximum absolute atomic E-state index is 13.1. The van der Waals surface area contributed by atoms with Gasteiger partial charge in [-0.25, -0.2) is 9.37 Å². The van der Waals surface area contributed by atoms with E-state index < -0.39 is 0 Å². The van der Waals surface area contributed by atoms with Crippen LogP contribution in [-0.4, -0.2) is 15.2 Å². The summed E-state index contributed by atoms with van der Waals surface area (Å²) < 4.78 is 13.1. The standard InChI is InChI=1S/C25H16ClFN4S/c26-21-7-2-1-6-20(21)25-29-23(15-32-25)17-4-3-5-19(14-17)28-24-13-12-22(30-31-24)16-8-10-18(27)11-9-16/h1-15H,(H,28,31). The smallest absolute Gasteiger partial charge is 0.153 e. The maximum Gasteiger partial charge on any atom is 0.153 e. The summed E-state index contributed by atoms with van der Waals surface area (Å²) in [6.45, 7) is 0. The number of thiazole rings is 1. The molecule has 5 aromatic rings. The van der Waals surface area contributed by atoms with Crippen LogP contribution in [0.4, 0.5) is 15.9 Å². The Hall–Kier alpha value is -3.61. The summed E-state index contributed by atoms with van der Waals surface area (Å²) in [4.78, 5) is 4.76. The number of anilines is 2. The number of aromatic nitrogens is 3. The van der Waals surface area contributed by atoms with Gasteiger partial charge >= 0.3 is 0 Å². The molecule has 2 aromatic heterocycles. The summed E-state index contributed by atoms with van der Waals surface area (Å²) in [6.07, 6.45) is 0. The first-order valence-electron chi connectivity index (χ1n) is 9.83. The molecule has 0 unspecified atom stereocenters. The van der Waals surface area contributed by atoms with Crippen LogP contribution in [0.25, 0.3) is 33.1 Å². The van der Waals surface area contributed by atoms with Gasteiger partial charge in [0.05, 0.1) is 16.4 Å². The van der Waals surface area contributed by atoms with Crippen molar-refractivity contribution in [2.45, 2.75) is 0 Å². The minimum absolute atomic E-state index is 0.279. The van der Waals surface area contributed by atoms with Crippen molar-refractivity contribution < 1.29 is 4.39 Å². The van der Waals surface area contributed by atoms with Crippen LogP contribution in [0, 0.1) is 5.82 Å². The Labute approximate surface area is 193 Å². The molecule has 2 heterocycles. The lowest BCUT2D eigenvalue weighted by atomic mass is 10.1. The molecule has 4 nitrogen and oxygen atoms in total. The number of rotatable bonds is 5. The fourth-order valence-electron chi connectivity index (χ4n) is 3.24. The van der Waals surface area contributed by atoms with Crippen LogP contribution < -0.4 is 5.32 Å².